The van der Waals surface area contributed by atoms with Crippen LogP contribution in [0.2, 0.25) is 5.02 Å². The summed E-state index contributed by atoms with van der Waals surface area (Å²) in [6, 6.07) is 14.6. The van der Waals surface area contributed by atoms with E-state index in [0.717, 1.165) is 5.69 Å². The molecule has 1 amide bonds. The summed E-state index contributed by atoms with van der Waals surface area (Å²) >= 11 is 6.07. The van der Waals surface area contributed by atoms with Crippen LogP contribution in [0.1, 0.15) is 10.5 Å². The van der Waals surface area contributed by atoms with Crippen LogP contribution in [0.3, 0.4) is 0 Å². The number of imidazole rings is 1. The number of carbonyl (C=O) groups excluding carboxylic acids is 1. The smallest absolute Gasteiger partial charge is 0.274 e. The first kappa shape index (κ1) is 15.1. The molecule has 2 aromatic carbocycles. The zero-order valence-electron chi connectivity index (χ0n) is 12.4. The van der Waals surface area contributed by atoms with Gasteiger partial charge in [-0.1, -0.05) is 29.8 Å². The van der Waals surface area contributed by atoms with E-state index in [0.29, 0.717) is 22.2 Å². The number of hydrogen-bond acceptors (Lipinski definition) is 3. The fraction of sp³-hybridized carbons (Fsp3) is 0.0588. The quantitative estimate of drug-likeness (QED) is 0.793. The lowest BCUT2D eigenvalue weighted by Crippen LogP contribution is -2.16. The largest absolute Gasteiger partial charge is 0.495 e. The molecular weight excluding hydrogens is 314 g/mol. The van der Waals surface area contributed by atoms with E-state index in [1.165, 1.54) is 13.3 Å². The second kappa shape index (κ2) is 6.54. The minimum absolute atomic E-state index is 0.271. The van der Waals surface area contributed by atoms with Crippen LogP contribution in [0, 0.1) is 0 Å². The predicted octanol–water partition coefficient (Wildman–Crippen LogP) is 3.79. The molecule has 0 aliphatic rings. The van der Waals surface area contributed by atoms with Crippen LogP contribution >= 0.6 is 11.6 Å². The standard InChI is InChI=1S/C17H14ClN3O2/c1-23-16-8-7-12(9-14(16)18)20-17(22)15-10-19-11-21(15)13-5-3-2-4-6-13/h2-11H,1H3,(H,20,22). The van der Waals surface area contributed by atoms with E-state index >= 15 is 0 Å². The molecule has 6 heteroatoms. The summed E-state index contributed by atoms with van der Waals surface area (Å²) < 4.78 is 6.82. The average molecular weight is 328 g/mol. The van der Waals surface area contributed by atoms with Gasteiger partial charge in [-0.05, 0) is 30.3 Å². The fourth-order valence-electron chi connectivity index (χ4n) is 2.20. The summed E-state index contributed by atoms with van der Waals surface area (Å²) in [5.41, 5.74) is 1.88. The van der Waals surface area contributed by atoms with Crippen molar-refractivity contribution in [3.05, 3.63) is 71.8 Å². The summed E-state index contributed by atoms with van der Waals surface area (Å²) in [5, 5.41) is 3.24. The van der Waals surface area contributed by atoms with Gasteiger partial charge in [0.2, 0.25) is 0 Å². The number of ether oxygens (including phenoxy) is 1. The first-order chi connectivity index (χ1) is 11.2. The zero-order chi connectivity index (χ0) is 16.2. The van der Waals surface area contributed by atoms with Crippen LogP contribution < -0.4 is 10.1 Å². The molecule has 3 aromatic rings. The summed E-state index contributed by atoms with van der Waals surface area (Å²) in [4.78, 5) is 16.6. The van der Waals surface area contributed by atoms with Gasteiger partial charge in [0.25, 0.3) is 5.91 Å². The average Bonchev–Trinajstić information content (AvgIpc) is 3.05. The number of carbonyl (C=O) groups is 1. The highest BCUT2D eigenvalue weighted by molar-refractivity contribution is 6.32. The summed E-state index contributed by atoms with van der Waals surface area (Å²) in [6.07, 6.45) is 3.12. The third-order valence-corrected chi connectivity index (χ3v) is 3.61. The maximum Gasteiger partial charge on any atom is 0.274 e. The van der Waals surface area contributed by atoms with Gasteiger partial charge in [0, 0.05) is 11.4 Å². The molecular formula is C17H14ClN3O2. The SMILES string of the molecule is COc1ccc(NC(=O)c2cncn2-c2ccccc2)cc1Cl. The van der Waals surface area contributed by atoms with Crippen molar-refractivity contribution in [2.45, 2.75) is 0 Å². The molecule has 0 saturated heterocycles. The van der Waals surface area contributed by atoms with Crippen molar-refractivity contribution in [1.82, 2.24) is 9.55 Å². The van der Waals surface area contributed by atoms with Crippen LogP contribution in [0.25, 0.3) is 5.69 Å². The maximum absolute atomic E-state index is 12.5. The molecule has 1 aromatic heterocycles. The first-order valence-electron chi connectivity index (χ1n) is 6.91. The highest BCUT2D eigenvalue weighted by atomic mass is 35.5. The number of aromatic nitrogens is 2. The molecule has 116 valence electrons. The molecule has 0 unspecified atom stereocenters. The number of amides is 1. The number of benzene rings is 2. The van der Waals surface area contributed by atoms with E-state index in [9.17, 15) is 4.79 Å². The van der Waals surface area contributed by atoms with Crippen LogP contribution in [0.4, 0.5) is 5.69 Å². The fourth-order valence-corrected chi connectivity index (χ4v) is 2.45. The van der Waals surface area contributed by atoms with Crippen molar-refractivity contribution in [3.8, 4) is 11.4 Å². The Kier molecular flexibility index (Phi) is 4.30. The Balaban J connectivity index is 1.85. The third-order valence-electron chi connectivity index (χ3n) is 3.32. The topological polar surface area (TPSA) is 56.1 Å². The molecule has 5 nitrogen and oxygen atoms in total. The van der Waals surface area contributed by atoms with Gasteiger partial charge in [-0.2, -0.15) is 0 Å². The second-order valence-corrected chi connectivity index (χ2v) is 5.20. The Labute approximate surface area is 138 Å². The molecule has 1 N–H and O–H groups in total. The van der Waals surface area contributed by atoms with Gasteiger partial charge in [-0.25, -0.2) is 4.98 Å². The van der Waals surface area contributed by atoms with E-state index in [4.69, 9.17) is 16.3 Å². The van der Waals surface area contributed by atoms with E-state index < -0.39 is 0 Å². The van der Waals surface area contributed by atoms with Gasteiger partial charge in [0.05, 0.1) is 24.7 Å². The number of para-hydroxylation sites is 1. The number of nitrogens with zero attached hydrogens (tertiary/aromatic N) is 2. The molecule has 0 bridgehead atoms. The number of anilines is 1. The number of rotatable bonds is 4. The molecule has 3 rings (SSSR count). The van der Waals surface area contributed by atoms with Crippen molar-refractivity contribution in [2.24, 2.45) is 0 Å². The minimum Gasteiger partial charge on any atom is -0.495 e. The normalized spacial score (nSPS) is 10.3. The molecule has 23 heavy (non-hydrogen) atoms. The molecule has 0 spiro atoms. The Morgan fingerprint density at radius 3 is 2.70 bits per heavy atom. The van der Waals surface area contributed by atoms with E-state index in [1.807, 2.05) is 30.3 Å². The van der Waals surface area contributed by atoms with Gasteiger partial charge >= 0.3 is 0 Å². The van der Waals surface area contributed by atoms with Crippen molar-refractivity contribution in [3.63, 3.8) is 0 Å². The molecule has 0 fully saturated rings. The summed E-state index contributed by atoms with van der Waals surface area (Å²) in [5.74, 6) is 0.284. The molecule has 1 heterocycles. The zero-order valence-corrected chi connectivity index (χ0v) is 13.1. The van der Waals surface area contributed by atoms with Crippen LogP contribution in [-0.2, 0) is 0 Å². The first-order valence-corrected chi connectivity index (χ1v) is 7.29. The lowest BCUT2D eigenvalue weighted by molar-refractivity contribution is 0.102. The van der Waals surface area contributed by atoms with Crippen LogP contribution in [0.5, 0.6) is 5.75 Å². The highest BCUT2D eigenvalue weighted by Crippen LogP contribution is 2.27. The van der Waals surface area contributed by atoms with Gasteiger partial charge in [0.1, 0.15) is 11.4 Å². The third kappa shape index (κ3) is 3.19. The van der Waals surface area contributed by atoms with Crippen LogP contribution in [-0.4, -0.2) is 22.6 Å². The van der Waals surface area contributed by atoms with Crippen molar-refractivity contribution in [2.75, 3.05) is 12.4 Å². The van der Waals surface area contributed by atoms with E-state index in [2.05, 4.69) is 10.3 Å². The molecule has 0 radical (unpaired) electrons. The van der Waals surface area contributed by atoms with Gasteiger partial charge in [-0.15, -0.1) is 0 Å². The Morgan fingerprint density at radius 2 is 2.00 bits per heavy atom. The van der Waals surface area contributed by atoms with Gasteiger partial charge in [-0.3, -0.25) is 9.36 Å². The van der Waals surface area contributed by atoms with Gasteiger partial charge < -0.3 is 10.1 Å². The van der Waals surface area contributed by atoms with Crippen molar-refractivity contribution >= 4 is 23.2 Å². The Bertz CT molecular complexity index is 831. The summed E-state index contributed by atoms with van der Waals surface area (Å²) in [7, 11) is 1.54. The number of halogens is 1. The highest BCUT2D eigenvalue weighted by Gasteiger charge is 2.14. The minimum atomic E-state index is -0.271. The van der Waals surface area contributed by atoms with Crippen molar-refractivity contribution in [1.29, 1.82) is 0 Å². The number of hydrogen-bond donors (Lipinski definition) is 1. The predicted molar refractivity (Wildman–Crippen MR) is 89.5 cm³/mol. The number of methoxy groups -OCH3 is 1. The van der Waals surface area contributed by atoms with Gasteiger partial charge in [0.15, 0.2) is 0 Å². The monoisotopic (exact) mass is 327 g/mol. The maximum atomic E-state index is 12.5. The molecule has 0 saturated carbocycles. The molecule has 0 atom stereocenters. The van der Waals surface area contributed by atoms with E-state index in [1.54, 1.807) is 29.1 Å². The van der Waals surface area contributed by atoms with Crippen molar-refractivity contribution < 1.29 is 9.53 Å². The molecule has 0 aliphatic carbocycles. The number of nitrogens with one attached hydrogen (secondary N) is 1. The Hall–Kier alpha value is -2.79. The second-order valence-electron chi connectivity index (χ2n) is 4.79. The Morgan fingerprint density at radius 1 is 1.22 bits per heavy atom. The van der Waals surface area contributed by atoms with Crippen LogP contribution in [0.15, 0.2) is 61.1 Å². The van der Waals surface area contributed by atoms with E-state index in [-0.39, 0.29) is 5.91 Å². The summed E-state index contributed by atoms with van der Waals surface area (Å²) in [6.45, 7) is 0. The molecule has 0 aliphatic heterocycles. The lowest BCUT2D eigenvalue weighted by atomic mass is 10.2. The lowest BCUT2D eigenvalue weighted by Gasteiger charge is -2.10.